The average Bonchev–Trinajstić information content (AvgIpc) is 2.18. The molecular weight excluding hydrogens is 176 g/mol. The molecule has 14 heavy (non-hydrogen) atoms. The first-order valence-electron chi connectivity index (χ1n) is 4.47. The van der Waals surface area contributed by atoms with Gasteiger partial charge in [0.15, 0.2) is 0 Å². The van der Waals surface area contributed by atoms with Crippen molar-refractivity contribution in [2.75, 3.05) is 19.0 Å². The van der Waals surface area contributed by atoms with E-state index in [-0.39, 0.29) is 6.42 Å². The second kappa shape index (κ2) is 4.64. The Labute approximate surface area is 84.2 Å². The van der Waals surface area contributed by atoms with Crippen LogP contribution in [0.25, 0.3) is 0 Å². The Morgan fingerprint density at radius 1 is 1.36 bits per heavy atom. The standard InChI is InChI=1S/C11H14N2O/c1-13(2)10-5-3-9(4-6-10)11(14)7-8-12/h3-6,11,14H,7H2,1-2H3. The molecule has 0 aliphatic rings. The van der Waals surface area contributed by atoms with Gasteiger partial charge in [0.1, 0.15) is 0 Å². The van der Waals surface area contributed by atoms with E-state index < -0.39 is 6.10 Å². The smallest absolute Gasteiger partial charge is 0.0919 e. The van der Waals surface area contributed by atoms with Gasteiger partial charge in [0.2, 0.25) is 0 Å². The van der Waals surface area contributed by atoms with Crippen molar-refractivity contribution in [1.82, 2.24) is 0 Å². The van der Waals surface area contributed by atoms with Crippen LogP contribution in [0.5, 0.6) is 0 Å². The molecule has 1 rings (SSSR count). The third-order valence-corrected chi connectivity index (χ3v) is 2.08. The second-order valence-corrected chi connectivity index (χ2v) is 3.36. The first kappa shape index (κ1) is 10.6. The van der Waals surface area contributed by atoms with Gasteiger partial charge in [0.05, 0.1) is 18.6 Å². The molecule has 0 amide bonds. The first-order chi connectivity index (χ1) is 6.65. The van der Waals surface area contributed by atoms with Gasteiger partial charge in [-0.1, -0.05) is 12.1 Å². The summed E-state index contributed by atoms with van der Waals surface area (Å²) < 4.78 is 0. The van der Waals surface area contributed by atoms with Crippen molar-refractivity contribution in [2.24, 2.45) is 0 Å². The maximum absolute atomic E-state index is 9.51. The zero-order valence-electron chi connectivity index (χ0n) is 8.44. The fraction of sp³-hybridized carbons (Fsp3) is 0.364. The van der Waals surface area contributed by atoms with E-state index in [0.29, 0.717) is 0 Å². The lowest BCUT2D eigenvalue weighted by molar-refractivity contribution is 0.183. The Morgan fingerprint density at radius 2 is 1.93 bits per heavy atom. The monoisotopic (exact) mass is 190 g/mol. The Balaban J connectivity index is 2.78. The van der Waals surface area contributed by atoms with Gasteiger partial charge in [0, 0.05) is 19.8 Å². The lowest BCUT2D eigenvalue weighted by Gasteiger charge is -2.13. The van der Waals surface area contributed by atoms with Gasteiger partial charge in [0.25, 0.3) is 0 Å². The van der Waals surface area contributed by atoms with Crippen LogP contribution in [0, 0.1) is 11.3 Å². The molecule has 0 aliphatic heterocycles. The number of rotatable bonds is 3. The molecule has 1 N–H and O–H groups in total. The van der Waals surface area contributed by atoms with Crippen molar-refractivity contribution in [1.29, 1.82) is 5.26 Å². The number of benzene rings is 1. The van der Waals surface area contributed by atoms with Crippen molar-refractivity contribution in [3.8, 4) is 6.07 Å². The molecule has 0 saturated carbocycles. The summed E-state index contributed by atoms with van der Waals surface area (Å²) in [6.45, 7) is 0. The quantitative estimate of drug-likeness (QED) is 0.789. The third-order valence-electron chi connectivity index (χ3n) is 2.08. The van der Waals surface area contributed by atoms with Gasteiger partial charge in [-0.3, -0.25) is 0 Å². The highest BCUT2D eigenvalue weighted by Crippen LogP contribution is 2.19. The molecule has 0 bridgehead atoms. The van der Waals surface area contributed by atoms with Gasteiger partial charge in [-0.25, -0.2) is 0 Å². The fourth-order valence-electron chi connectivity index (χ4n) is 1.20. The van der Waals surface area contributed by atoms with Crippen molar-refractivity contribution >= 4 is 5.69 Å². The SMILES string of the molecule is CN(C)c1ccc(C(O)CC#N)cc1. The first-order valence-corrected chi connectivity index (χ1v) is 4.47. The molecule has 0 heterocycles. The molecule has 0 fully saturated rings. The van der Waals surface area contributed by atoms with E-state index in [9.17, 15) is 5.11 Å². The fourth-order valence-corrected chi connectivity index (χ4v) is 1.20. The van der Waals surface area contributed by atoms with E-state index in [4.69, 9.17) is 5.26 Å². The van der Waals surface area contributed by atoms with Crippen molar-refractivity contribution < 1.29 is 5.11 Å². The maximum Gasteiger partial charge on any atom is 0.0919 e. The lowest BCUT2D eigenvalue weighted by atomic mass is 10.1. The van der Waals surface area contributed by atoms with Crippen LogP contribution in [0.1, 0.15) is 18.1 Å². The Hall–Kier alpha value is -1.53. The predicted octanol–water partition coefficient (Wildman–Crippen LogP) is 1.70. The molecule has 0 aliphatic carbocycles. The molecule has 0 spiro atoms. The summed E-state index contributed by atoms with van der Waals surface area (Å²) in [5, 5.41) is 17.9. The Morgan fingerprint density at radius 3 is 2.36 bits per heavy atom. The van der Waals surface area contributed by atoms with Gasteiger partial charge < -0.3 is 10.0 Å². The topological polar surface area (TPSA) is 47.3 Å². The Bertz CT molecular complexity index is 324. The third kappa shape index (κ3) is 2.48. The zero-order chi connectivity index (χ0) is 10.6. The van der Waals surface area contributed by atoms with Gasteiger partial charge in [-0.05, 0) is 17.7 Å². The number of anilines is 1. The molecule has 0 saturated heterocycles. The molecule has 1 unspecified atom stereocenters. The van der Waals surface area contributed by atoms with E-state index in [1.165, 1.54) is 0 Å². The van der Waals surface area contributed by atoms with Crippen LogP contribution >= 0.6 is 0 Å². The average molecular weight is 190 g/mol. The number of nitriles is 1. The van der Waals surface area contributed by atoms with Gasteiger partial charge >= 0.3 is 0 Å². The molecular formula is C11H14N2O. The number of hydrogen-bond donors (Lipinski definition) is 1. The maximum atomic E-state index is 9.51. The summed E-state index contributed by atoms with van der Waals surface area (Å²) in [6.07, 6.45) is -0.530. The van der Waals surface area contributed by atoms with E-state index >= 15 is 0 Å². The van der Waals surface area contributed by atoms with Crippen molar-refractivity contribution in [3.63, 3.8) is 0 Å². The number of nitrogens with zero attached hydrogens (tertiary/aromatic N) is 2. The van der Waals surface area contributed by atoms with Crippen molar-refractivity contribution in [2.45, 2.75) is 12.5 Å². The summed E-state index contributed by atoms with van der Waals surface area (Å²) in [7, 11) is 3.92. The molecule has 3 nitrogen and oxygen atoms in total. The van der Waals surface area contributed by atoms with Crippen LogP contribution in [0.15, 0.2) is 24.3 Å². The highest BCUT2D eigenvalue weighted by atomic mass is 16.3. The van der Waals surface area contributed by atoms with Crippen LogP contribution in [-0.4, -0.2) is 19.2 Å². The van der Waals surface area contributed by atoms with Crippen LogP contribution in [0.2, 0.25) is 0 Å². The molecule has 74 valence electrons. The van der Waals surface area contributed by atoms with Crippen LogP contribution in [0.4, 0.5) is 5.69 Å². The molecule has 0 aromatic heterocycles. The van der Waals surface area contributed by atoms with E-state index in [0.717, 1.165) is 11.3 Å². The van der Waals surface area contributed by atoms with Crippen LogP contribution in [-0.2, 0) is 0 Å². The number of hydrogen-bond acceptors (Lipinski definition) is 3. The highest BCUT2D eigenvalue weighted by molar-refractivity contribution is 5.46. The summed E-state index contributed by atoms with van der Waals surface area (Å²) in [4.78, 5) is 1.99. The van der Waals surface area contributed by atoms with E-state index in [2.05, 4.69) is 0 Å². The van der Waals surface area contributed by atoms with Gasteiger partial charge in [-0.15, -0.1) is 0 Å². The van der Waals surface area contributed by atoms with Crippen molar-refractivity contribution in [3.05, 3.63) is 29.8 Å². The minimum Gasteiger partial charge on any atom is -0.387 e. The number of aliphatic hydroxyl groups excluding tert-OH is 1. The molecule has 1 aromatic carbocycles. The summed E-state index contributed by atoms with van der Waals surface area (Å²) in [6, 6.07) is 9.49. The minimum absolute atomic E-state index is 0.140. The molecule has 1 atom stereocenters. The summed E-state index contributed by atoms with van der Waals surface area (Å²) in [5.74, 6) is 0. The predicted molar refractivity (Wildman–Crippen MR) is 56.0 cm³/mol. The lowest BCUT2D eigenvalue weighted by Crippen LogP contribution is -2.08. The molecule has 1 aromatic rings. The van der Waals surface area contributed by atoms with Crippen LogP contribution < -0.4 is 4.90 Å². The van der Waals surface area contributed by atoms with E-state index in [1.54, 1.807) is 0 Å². The largest absolute Gasteiger partial charge is 0.387 e. The number of aliphatic hydroxyl groups is 1. The summed E-state index contributed by atoms with van der Waals surface area (Å²) >= 11 is 0. The Kier molecular flexibility index (Phi) is 3.49. The zero-order valence-corrected chi connectivity index (χ0v) is 8.44. The van der Waals surface area contributed by atoms with Gasteiger partial charge in [-0.2, -0.15) is 5.26 Å². The highest BCUT2D eigenvalue weighted by Gasteiger charge is 2.06. The van der Waals surface area contributed by atoms with Crippen LogP contribution in [0.3, 0.4) is 0 Å². The second-order valence-electron chi connectivity index (χ2n) is 3.36. The minimum atomic E-state index is -0.670. The molecule has 0 radical (unpaired) electrons. The van der Waals surface area contributed by atoms with E-state index in [1.807, 2.05) is 49.3 Å². The normalized spacial score (nSPS) is 11.9. The molecule has 3 heteroatoms. The summed E-state index contributed by atoms with van der Waals surface area (Å²) in [5.41, 5.74) is 1.87.